The number of carbonyl (C=O) groups excluding carboxylic acids is 3. The second kappa shape index (κ2) is 14.8. The Morgan fingerprint density at radius 1 is 1.18 bits per heavy atom. The van der Waals surface area contributed by atoms with Crippen LogP contribution in [-0.2, 0) is 24.0 Å². The summed E-state index contributed by atoms with van der Waals surface area (Å²) in [5.41, 5.74) is 5.37. The molecule has 268 valence electrons. The first-order valence-electron chi connectivity index (χ1n) is 16.2. The number of nitrogens with one attached hydrogen (secondary N) is 1. The van der Waals surface area contributed by atoms with Crippen molar-refractivity contribution in [3.63, 3.8) is 0 Å². The quantitative estimate of drug-likeness (QED) is 0.0820. The lowest BCUT2D eigenvalue weighted by molar-refractivity contribution is -0.927. The van der Waals surface area contributed by atoms with Crippen LogP contribution in [0.25, 0.3) is 0 Å². The molecule has 17 heteroatoms. The molecule has 2 fully saturated rings. The van der Waals surface area contributed by atoms with Crippen LogP contribution in [0.3, 0.4) is 0 Å². The van der Waals surface area contributed by atoms with Gasteiger partial charge in [-0.2, -0.15) is 0 Å². The van der Waals surface area contributed by atoms with E-state index in [9.17, 15) is 39.3 Å². The van der Waals surface area contributed by atoms with E-state index >= 15 is 0 Å². The zero-order valence-electron chi connectivity index (χ0n) is 28.0. The van der Waals surface area contributed by atoms with Gasteiger partial charge in [0.15, 0.2) is 16.6 Å². The molecule has 0 saturated carbocycles. The van der Waals surface area contributed by atoms with Crippen molar-refractivity contribution in [1.82, 2.24) is 15.2 Å². The highest BCUT2D eigenvalue weighted by atomic mass is 32.2. The minimum absolute atomic E-state index is 0.0394. The third-order valence-corrected chi connectivity index (χ3v) is 11.4. The van der Waals surface area contributed by atoms with Gasteiger partial charge in [-0.05, 0) is 57.7 Å². The Morgan fingerprint density at radius 2 is 1.90 bits per heavy atom. The summed E-state index contributed by atoms with van der Waals surface area (Å²) < 4.78 is 0.560. The predicted octanol–water partition coefficient (Wildman–Crippen LogP) is 2.58. The Hall–Kier alpha value is -4.48. The van der Waals surface area contributed by atoms with E-state index in [1.165, 1.54) is 42.0 Å². The number of aromatic hydroxyl groups is 1. The highest BCUT2D eigenvalue weighted by Gasteiger charge is 2.55. The minimum atomic E-state index is -1.75. The van der Waals surface area contributed by atoms with Crippen LogP contribution in [0.4, 0.5) is 5.13 Å². The SMILES string of the molecule is Cc1ccc(C(=O)NCC[N+]2(CC3=C(C(=O)O)N4C(=O)[C@@H](CC(=O)/C(=N\OC(C)(C)C(=O)O)c5csc(N)n5)[C@H]4SC3)CCCCC2)cc1O. The molecule has 3 aliphatic heterocycles. The Balaban J connectivity index is 1.30. The van der Waals surface area contributed by atoms with Crippen molar-refractivity contribution in [2.75, 3.05) is 44.2 Å². The van der Waals surface area contributed by atoms with Gasteiger partial charge in [-0.1, -0.05) is 11.2 Å². The fraction of sp³-hybridized carbons (Fsp3) is 0.485. The number of Topliss-reactive ketones (excluding diaryl/α,β-unsaturated/α-hetero) is 1. The molecule has 15 nitrogen and oxygen atoms in total. The molecule has 0 spiro atoms. The number of hydrogen-bond acceptors (Lipinski definition) is 12. The highest BCUT2D eigenvalue weighted by Crippen LogP contribution is 2.46. The number of aliphatic carboxylic acids is 2. The number of quaternary nitrogens is 1. The Labute approximate surface area is 296 Å². The summed E-state index contributed by atoms with van der Waals surface area (Å²) in [5.74, 6) is -4.43. The van der Waals surface area contributed by atoms with Gasteiger partial charge in [-0.15, -0.1) is 23.1 Å². The summed E-state index contributed by atoms with van der Waals surface area (Å²) in [6.07, 6.45) is 2.62. The Kier molecular flexibility index (Phi) is 10.9. The largest absolute Gasteiger partial charge is 0.508 e. The third-order valence-electron chi connectivity index (χ3n) is 9.31. The van der Waals surface area contributed by atoms with E-state index < -0.39 is 40.5 Å². The number of β-lactam (4-membered cyclic amide) rings is 1. The number of nitrogens with two attached hydrogens (primary N) is 1. The molecular weight excluding hydrogens is 689 g/mol. The number of carboxylic acids is 2. The lowest BCUT2D eigenvalue weighted by Gasteiger charge is -2.50. The topological polar surface area (TPSA) is 222 Å². The van der Waals surface area contributed by atoms with Crippen LogP contribution in [0.5, 0.6) is 5.75 Å². The number of oxime groups is 1. The van der Waals surface area contributed by atoms with Crippen LogP contribution in [0, 0.1) is 12.8 Å². The van der Waals surface area contributed by atoms with Crippen molar-refractivity contribution in [1.29, 1.82) is 0 Å². The number of carboxylic acid groups (broad SMARTS) is 2. The van der Waals surface area contributed by atoms with Crippen LogP contribution in [0.1, 0.15) is 61.1 Å². The molecule has 1 aromatic carbocycles. The lowest BCUT2D eigenvalue weighted by Crippen LogP contribution is -2.63. The number of ketones is 1. The maximum Gasteiger partial charge on any atom is 0.352 e. The fourth-order valence-corrected chi connectivity index (χ4v) is 8.33. The van der Waals surface area contributed by atoms with Gasteiger partial charge in [-0.3, -0.25) is 19.3 Å². The Morgan fingerprint density at radius 3 is 2.52 bits per heavy atom. The van der Waals surface area contributed by atoms with Gasteiger partial charge in [0, 0.05) is 28.7 Å². The van der Waals surface area contributed by atoms with Gasteiger partial charge in [-0.25, -0.2) is 14.6 Å². The van der Waals surface area contributed by atoms with E-state index in [0.29, 0.717) is 46.6 Å². The van der Waals surface area contributed by atoms with Gasteiger partial charge in [0.05, 0.1) is 37.5 Å². The number of benzene rings is 1. The molecule has 0 bridgehead atoms. The number of carbonyl (C=O) groups is 5. The van der Waals surface area contributed by atoms with Crippen LogP contribution >= 0.6 is 23.1 Å². The van der Waals surface area contributed by atoms with Crippen molar-refractivity contribution >= 4 is 63.5 Å². The standard InChI is InChI=1S/C33H40N6O9S2/c1-18-7-8-19(13-23(18)40)27(42)35-9-12-39(10-5-4-6-11-39)15-20-16-49-29-21(28(43)38(29)26(20)30(44)45)14-24(41)25(22-17-50-32(34)36-22)37-48-33(2,3)31(46)47/h7-8,13,17,21,29H,4-6,9-12,14-16H2,1-3H3,(H5-,34,35,36,40,42,44,45,46,47)/p+1/b37-25-/t21-,29-/m1/s1. The maximum atomic E-state index is 13.6. The number of nitrogen functional groups attached to an aromatic ring is 1. The predicted molar refractivity (Wildman–Crippen MR) is 185 cm³/mol. The van der Waals surface area contributed by atoms with Gasteiger partial charge in [0.25, 0.3) is 5.91 Å². The number of fused-ring (bicyclic) bond motifs is 1. The van der Waals surface area contributed by atoms with E-state index in [1.54, 1.807) is 19.1 Å². The van der Waals surface area contributed by atoms with Crippen LogP contribution in [-0.4, -0.2) is 114 Å². The summed E-state index contributed by atoms with van der Waals surface area (Å²) >= 11 is 2.44. The number of aryl methyl sites for hydroxylation is 1. The molecule has 0 radical (unpaired) electrons. The van der Waals surface area contributed by atoms with E-state index in [-0.39, 0.29) is 40.3 Å². The van der Waals surface area contributed by atoms with Gasteiger partial charge < -0.3 is 35.7 Å². The number of hydrogen-bond donors (Lipinski definition) is 5. The van der Waals surface area contributed by atoms with Crippen LogP contribution in [0.15, 0.2) is 40.0 Å². The number of nitrogens with zero attached hydrogens (tertiary/aromatic N) is 4. The molecule has 2 saturated heterocycles. The Bertz CT molecular complexity index is 1760. The number of thioether (sulfide) groups is 1. The van der Waals surface area contributed by atoms with Gasteiger partial charge in [0.2, 0.25) is 11.5 Å². The molecular formula is C33H41N6O9S2+. The number of thiazole rings is 1. The molecule has 0 unspecified atom stereocenters. The number of piperidine rings is 1. The van der Waals surface area contributed by atoms with Crippen LogP contribution < -0.4 is 11.1 Å². The first-order chi connectivity index (χ1) is 23.6. The fourth-order valence-electron chi connectivity index (χ4n) is 6.38. The van der Waals surface area contributed by atoms with Crippen molar-refractivity contribution < 1.29 is 48.6 Å². The average molecular weight is 730 g/mol. The van der Waals surface area contributed by atoms with Crippen molar-refractivity contribution in [2.24, 2.45) is 11.1 Å². The summed E-state index contributed by atoms with van der Waals surface area (Å²) in [5, 5.41) is 37.6. The van der Waals surface area contributed by atoms with Crippen molar-refractivity contribution in [2.45, 2.75) is 57.4 Å². The highest BCUT2D eigenvalue weighted by molar-refractivity contribution is 8.00. The number of phenols is 1. The average Bonchev–Trinajstić information content (AvgIpc) is 3.50. The van der Waals surface area contributed by atoms with Crippen molar-refractivity contribution in [3.8, 4) is 5.75 Å². The molecule has 4 heterocycles. The summed E-state index contributed by atoms with van der Waals surface area (Å²) in [4.78, 5) is 74.7. The maximum absolute atomic E-state index is 13.6. The second-order valence-corrected chi connectivity index (χ2v) is 15.3. The molecule has 6 N–H and O–H groups in total. The van der Waals surface area contributed by atoms with E-state index in [0.717, 1.165) is 43.7 Å². The summed E-state index contributed by atoms with van der Waals surface area (Å²) in [7, 11) is 0. The van der Waals surface area contributed by atoms with Gasteiger partial charge in [0.1, 0.15) is 23.7 Å². The van der Waals surface area contributed by atoms with E-state index in [1.807, 2.05) is 0 Å². The lowest BCUT2D eigenvalue weighted by atomic mass is 9.89. The first-order valence-corrected chi connectivity index (χ1v) is 18.1. The van der Waals surface area contributed by atoms with Crippen molar-refractivity contribution in [3.05, 3.63) is 51.7 Å². The number of amides is 2. The normalized spacial score (nSPS) is 20.5. The zero-order valence-corrected chi connectivity index (χ0v) is 29.6. The minimum Gasteiger partial charge on any atom is -0.508 e. The third kappa shape index (κ3) is 7.79. The number of aromatic nitrogens is 1. The molecule has 1 aromatic heterocycles. The molecule has 2 atom stereocenters. The molecule has 3 aliphatic rings. The van der Waals surface area contributed by atoms with E-state index in [2.05, 4.69) is 15.5 Å². The van der Waals surface area contributed by atoms with Crippen LogP contribution in [0.2, 0.25) is 0 Å². The monoisotopic (exact) mass is 729 g/mol. The summed E-state index contributed by atoms with van der Waals surface area (Å²) in [6, 6.07) is 4.75. The van der Waals surface area contributed by atoms with E-state index in [4.69, 9.17) is 10.6 Å². The molecule has 0 aliphatic carbocycles. The number of likely N-dealkylation sites (tertiary alicyclic amines) is 1. The van der Waals surface area contributed by atoms with Gasteiger partial charge >= 0.3 is 11.9 Å². The number of phenolic OH excluding ortho intramolecular Hbond substituents is 1. The smallest absolute Gasteiger partial charge is 0.352 e. The molecule has 50 heavy (non-hydrogen) atoms. The molecule has 2 aromatic rings. The molecule has 5 rings (SSSR count). The summed E-state index contributed by atoms with van der Waals surface area (Å²) in [6.45, 7) is 7.16. The number of rotatable bonds is 14. The zero-order chi connectivity index (χ0) is 36.4. The molecule has 2 amide bonds. The second-order valence-electron chi connectivity index (χ2n) is 13.3. The first kappa shape index (κ1) is 36.8. The number of anilines is 1.